The zero-order valence-corrected chi connectivity index (χ0v) is 12.0. The van der Waals surface area contributed by atoms with Crippen LogP contribution in [-0.2, 0) is 4.79 Å². The lowest BCUT2D eigenvalue weighted by Gasteiger charge is -2.24. The quantitative estimate of drug-likeness (QED) is 0.870. The number of hydrogen-bond acceptors (Lipinski definition) is 4. The zero-order chi connectivity index (χ0) is 15.4. The maximum Gasteiger partial charge on any atom is 0.261 e. The molecule has 0 saturated carbocycles. The fourth-order valence-corrected chi connectivity index (χ4v) is 2.66. The fourth-order valence-electron chi connectivity index (χ4n) is 2.66. The van der Waals surface area contributed by atoms with Crippen molar-refractivity contribution in [3.63, 3.8) is 0 Å². The summed E-state index contributed by atoms with van der Waals surface area (Å²) < 4.78 is 18.5. The van der Waals surface area contributed by atoms with Gasteiger partial charge in [-0.2, -0.15) is 0 Å². The minimum atomic E-state index is -0.384. The van der Waals surface area contributed by atoms with Gasteiger partial charge in [0.15, 0.2) is 6.61 Å². The lowest BCUT2D eigenvalue weighted by molar-refractivity contribution is -0.134. The lowest BCUT2D eigenvalue weighted by atomic mass is 10.1. The Morgan fingerprint density at radius 2 is 2.32 bits per heavy atom. The Labute approximate surface area is 127 Å². The number of nitrogens with zero attached hydrogens (tertiary/aromatic N) is 3. The molecule has 1 aromatic heterocycles. The summed E-state index contributed by atoms with van der Waals surface area (Å²) in [6.07, 6.45) is 4.97. The average molecular weight is 301 g/mol. The molecule has 114 valence electrons. The van der Waals surface area contributed by atoms with Gasteiger partial charge in [-0.3, -0.25) is 4.79 Å². The first-order chi connectivity index (χ1) is 10.7. The summed E-state index contributed by atoms with van der Waals surface area (Å²) in [5.41, 5.74) is 0.839. The second-order valence-corrected chi connectivity index (χ2v) is 5.13. The molecule has 1 aliphatic rings. The number of benzene rings is 1. The molecule has 2 heterocycles. The van der Waals surface area contributed by atoms with Crippen molar-refractivity contribution in [1.29, 1.82) is 0 Å². The summed E-state index contributed by atoms with van der Waals surface area (Å²) in [6.45, 7) is 0.574. The second-order valence-electron chi connectivity index (χ2n) is 5.13. The van der Waals surface area contributed by atoms with Gasteiger partial charge in [-0.05, 0) is 31.0 Å². The van der Waals surface area contributed by atoms with Crippen LogP contribution in [0.15, 0.2) is 42.9 Å². The van der Waals surface area contributed by atoms with Gasteiger partial charge < -0.3 is 9.64 Å². The number of rotatable bonds is 4. The highest BCUT2D eigenvalue weighted by atomic mass is 19.1. The van der Waals surface area contributed by atoms with E-state index in [-0.39, 0.29) is 24.4 Å². The summed E-state index contributed by atoms with van der Waals surface area (Å²) in [7, 11) is 0. The van der Waals surface area contributed by atoms with Gasteiger partial charge in [-0.25, -0.2) is 14.4 Å². The fraction of sp³-hybridized carbons (Fsp3) is 0.312. The van der Waals surface area contributed by atoms with Crippen LogP contribution in [-0.4, -0.2) is 33.9 Å². The number of aromatic nitrogens is 2. The van der Waals surface area contributed by atoms with E-state index < -0.39 is 0 Å². The van der Waals surface area contributed by atoms with Crippen molar-refractivity contribution in [1.82, 2.24) is 14.9 Å². The second kappa shape index (κ2) is 6.51. The minimum absolute atomic E-state index is 0.0355. The van der Waals surface area contributed by atoms with E-state index >= 15 is 0 Å². The van der Waals surface area contributed by atoms with Gasteiger partial charge in [0.1, 0.15) is 17.9 Å². The van der Waals surface area contributed by atoms with Gasteiger partial charge in [0.2, 0.25) is 0 Å². The molecule has 22 heavy (non-hydrogen) atoms. The number of likely N-dealkylation sites (tertiary alicyclic amines) is 1. The summed E-state index contributed by atoms with van der Waals surface area (Å²) >= 11 is 0. The molecule has 1 saturated heterocycles. The zero-order valence-electron chi connectivity index (χ0n) is 12.0. The molecule has 0 bridgehead atoms. The summed E-state index contributed by atoms with van der Waals surface area (Å²) in [5, 5.41) is 0. The Morgan fingerprint density at radius 1 is 1.41 bits per heavy atom. The van der Waals surface area contributed by atoms with Crippen LogP contribution in [0, 0.1) is 5.82 Å². The summed E-state index contributed by atoms with van der Waals surface area (Å²) in [4.78, 5) is 22.2. The van der Waals surface area contributed by atoms with Crippen molar-refractivity contribution in [3.05, 3.63) is 54.4 Å². The van der Waals surface area contributed by atoms with Gasteiger partial charge >= 0.3 is 0 Å². The first kappa shape index (κ1) is 14.4. The van der Waals surface area contributed by atoms with E-state index in [1.165, 1.54) is 18.5 Å². The monoisotopic (exact) mass is 301 g/mol. The van der Waals surface area contributed by atoms with E-state index in [1.54, 1.807) is 23.2 Å². The third-order valence-corrected chi connectivity index (χ3v) is 3.68. The molecular weight excluding hydrogens is 285 g/mol. The molecule has 0 N–H and O–H groups in total. The Balaban J connectivity index is 1.64. The van der Waals surface area contributed by atoms with Crippen molar-refractivity contribution in [2.24, 2.45) is 0 Å². The molecule has 0 aliphatic carbocycles. The highest BCUT2D eigenvalue weighted by molar-refractivity contribution is 5.78. The van der Waals surface area contributed by atoms with Gasteiger partial charge in [-0.1, -0.05) is 6.07 Å². The van der Waals surface area contributed by atoms with Crippen LogP contribution < -0.4 is 4.74 Å². The van der Waals surface area contributed by atoms with Gasteiger partial charge in [0, 0.05) is 18.8 Å². The van der Waals surface area contributed by atoms with Gasteiger partial charge in [0.05, 0.1) is 11.7 Å². The standard InChI is InChI=1S/C16H16FN3O2/c17-12-3-1-4-13(9-12)22-10-16(21)20-8-2-5-15(20)14-6-7-18-11-19-14/h1,3-4,6-7,9,11,15H,2,5,8,10H2. The normalized spacial score (nSPS) is 17.5. The first-order valence-corrected chi connectivity index (χ1v) is 7.18. The van der Waals surface area contributed by atoms with Crippen molar-refractivity contribution in [2.45, 2.75) is 18.9 Å². The number of hydrogen-bond donors (Lipinski definition) is 0. The van der Waals surface area contributed by atoms with Crippen LogP contribution in [0.2, 0.25) is 0 Å². The Hall–Kier alpha value is -2.50. The third-order valence-electron chi connectivity index (χ3n) is 3.68. The van der Waals surface area contributed by atoms with E-state index in [4.69, 9.17) is 4.74 Å². The number of carbonyl (C=O) groups excluding carboxylic acids is 1. The predicted octanol–water partition coefficient (Wildman–Crippen LogP) is 2.36. The number of ether oxygens (including phenoxy) is 1. The maximum absolute atomic E-state index is 13.1. The molecule has 3 rings (SSSR count). The molecule has 1 aliphatic heterocycles. The average Bonchev–Trinajstić information content (AvgIpc) is 3.03. The lowest BCUT2D eigenvalue weighted by Crippen LogP contribution is -2.34. The molecular formula is C16H16FN3O2. The van der Waals surface area contributed by atoms with Crippen LogP contribution in [0.5, 0.6) is 5.75 Å². The molecule has 0 spiro atoms. The molecule has 0 radical (unpaired) electrons. The third kappa shape index (κ3) is 3.21. The van der Waals surface area contributed by atoms with Crippen LogP contribution in [0.4, 0.5) is 4.39 Å². The Kier molecular flexibility index (Phi) is 4.27. The van der Waals surface area contributed by atoms with Crippen molar-refractivity contribution in [2.75, 3.05) is 13.2 Å². The number of carbonyl (C=O) groups is 1. The molecule has 1 amide bonds. The first-order valence-electron chi connectivity index (χ1n) is 7.18. The Morgan fingerprint density at radius 3 is 3.09 bits per heavy atom. The Bertz CT molecular complexity index is 651. The highest BCUT2D eigenvalue weighted by Crippen LogP contribution is 2.30. The predicted molar refractivity (Wildman–Crippen MR) is 77.6 cm³/mol. The van der Waals surface area contributed by atoms with Crippen molar-refractivity contribution < 1.29 is 13.9 Å². The largest absolute Gasteiger partial charge is 0.484 e. The molecule has 1 aromatic carbocycles. The number of halogens is 1. The molecule has 1 unspecified atom stereocenters. The van der Waals surface area contributed by atoms with E-state index in [9.17, 15) is 9.18 Å². The maximum atomic E-state index is 13.1. The smallest absolute Gasteiger partial charge is 0.261 e. The van der Waals surface area contributed by atoms with Crippen LogP contribution >= 0.6 is 0 Å². The summed E-state index contributed by atoms with van der Waals surface area (Å²) in [6, 6.07) is 7.56. The summed E-state index contributed by atoms with van der Waals surface area (Å²) in [5.74, 6) is -0.151. The van der Waals surface area contributed by atoms with E-state index in [0.29, 0.717) is 12.3 Å². The van der Waals surface area contributed by atoms with Crippen molar-refractivity contribution in [3.8, 4) is 5.75 Å². The van der Waals surface area contributed by atoms with Gasteiger partial charge in [0.25, 0.3) is 5.91 Å². The SMILES string of the molecule is O=C(COc1cccc(F)c1)N1CCCC1c1ccncn1. The molecule has 5 nitrogen and oxygen atoms in total. The molecule has 1 atom stereocenters. The van der Waals surface area contributed by atoms with Gasteiger partial charge in [-0.15, -0.1) is 0 Å². The van der Waals surface area contributed by atoms with E-state index in [0.717, 1.165) is 18.5 Å². The number of amides is 1. The van der Waals surface area contributed by atoms with Crippen LogP contribution in [0.25, 0.3) is 0 Å². The molecule has 2 aromatic rings. The van der Waals surface area contributed by atoms with Crippen LogP contribution in [0.3, 0.4) is 0 Å². The van der Waals surface area contributed by atoms with E-state index in [2.05, 4.69) is 9.97 Å². The molecule has 6 heteroatoms. The minimum Gasteiger partial charge on any atom is -0.484 e. The van der Waals surface area contributed by atoms with E-state index in [1.807, 2.05) is 6.07 Å². The van der Waals surface area contributed by atoms with Crippen LogP contribution in [0.1, 0.15) is 24.6 Å². The van der Waals surface area contributed by atoms with Crippen molar-refractivity contribution >= 4 is 5.91 Å². The topological polar surface area (TPSA) is 55.3 Å². The molecule has 1 fully saturated rings. The highest BCUT2D eigenvalue weighted by Gasteiger charge is 2.30.